The second-order valence-electron chi connectivity index (χ2n) is 8.67. The fourth-order valence-corrected chi connectivity index (χ4v) is 4.06. The fraction of sp³-hybridized carbons (Fsp3) is 0.423. The molecule has 2 aromatic heterocycles. The number of aromatic nitrogens is 2. The van der Waals surface area contributed by atoms with E-state index in [4.69, 9.17) is 42.9 Å². The van der Waals surface area contributed by atoms with Crippen molar-refractivity contribution >= 4 is 34.1 Å². The van der Waals surface area contributed by atoms with E-state index in [9.17, 15) is 14.4 Å². The van der Waals surface area contributed by atoms with Crippen molar-refractivity contribution in [1.82, 2.24) is 9.55 Å². The number of aryl methyl sites for hydroxylation is 1. The topological polar surface area (TPSA) is 118 Å². The van der Waals surface area contributed by atoms with E-state index in [1.54, 1.807) is 11.5 Å². The number of nitrogens with zero attached hydrogens (tertiary/aromatic N) is 3. The molecule has 2 heterocycles. The molecule has 0 unspecified atom stereocenters. The number of halogens is 3. The van der Waals surface area contributed by atoms with E-state index in [0.717, 1.165) is 18.6 Å². The second kappa shape index (κ2) is 13.7. The standard InChI is InChI=1S/C19H14Cl2FN3O2.C7H16O3/c1-3-4-27-19-16-15(26)5-10(2)25(18(16)14(21)9-24-19)17-11(8-23)6-12(22)7-13(17)20;1-7(2,3-4-8)10-6-5-9/h5-7,9H,3-4H2,1-2H3;8-9H,3-6H2,1-2H3. The zero-order chi connectivity index (χ0) is 27.8. The molecule has 0 radical (unpaired) electrons. The van der Waals surface area contributed by atoms with E-state index in [-0.39, 0.29) is 56.8 Å². The summed E-state index contributed by atoms with van der Waals surface area (Å²) in [6.45, 7) is 8.25. The quantitative estimate of drug-likeness (QED) is 0.384. The van der Waals surface area contributed by atoms with Gasteiger partial charge in [0.05, 0.1) is 58.4 Å². The van der Waals surface area contributed by atoms with Gasteiger partial charge in [-0.25, -0.2) is 9.37 Å². The number of hydrogen-bond acceptors (Lipinski definition) is 7. The molecule has 0 amide bonds. The van der Waals surface area contributed by atoms with Crippen molar-refractivity contribution in [3.8, 4) is 17.6 Å². The molecule has 0 bridgehead atoms. The van der Waals surface area contributed by atoms with Gasteiger partial charge < -0.3 is 24.3 Å². The Morgan fingerprint density at radius 3 is 2.46 bits per heavy atom. The summed E-state index contributed by atoms with van der Waals surface area (Å²) < 4.78 is 26.1. The van der Waals surface area contributed by atoms with Gasteiger partial charge in [0, 0.05) is 18.4 Å². The lowest BCUT2D eigenvalue weighted by Crippen LogP contribution is -2.27. The van der Waals surface area contributed by atoms with Gasteiger partial charge in [0.1, 0.15) is 17.3 Å². The molecule has 0 aliphatic carbocycles. The SMILES string of the molecule is CC(C)(CCO)OCCO.CCCOc1ncc(Cl)c2c1c(=O)cc(C)n2-c1c(Cl)cc(F)cc1C#N. The third-order valence-electron chi connectivity index (χ3n) is 5.25. The van der Waals surface area contributed by atoms with Crippen molar-refractivity contribution in [3.63, 3.8) is 0 Å². The van der Waals surface area contributed by atoms with Gasteiger partial charge in [0.25, 0.3) is 0 Å². The summed E-state index contributed by atoms with van der Waals surface area (Å²) in [6, 6.07) is 5.49. The summed E-state index contributed by atoms with van der Waals surface area (Å²) in [7, 11) is 0. The number of aliphatic hydroxyl groups excluding tert-OH is 2. The highest BCUT2D eigenvalue weighted by Crippen LogP contribution is 2.34. The van der Waals surface area contributed by atoms with E-state index >= 15 is 0 Å². The van der Waals surface area contributed by atoms with E-state index in [2.05, 4.69) is 4.98 Å². The van der Waals surface area contributed by atoms with E-state index in [1.165, 1.54) is 12.3 Å². The first kappa shape index (κ1) is 30.5. The van der Waals surface area contributed by atoms with Gasteiger partial charge in [-0.3, -0.25) is 4.79 Å². The minimum absolute atomic E-state index is 0.0111. The molecule has 1 aromatic carbocycles. The first-order valence-corrected chi connectivity index (χ1v) is 12.4. The molecule has 3 aromatic rings. The Balaban J connectivity index is 0.000000410. The maximum Gasteiger partial charge on any atom is 0.227 e. The smallest absolute Gasteiger partial charge is 0.227 e. The lowest BCUT2D eigenvalue weighted by atomic mass is 10.1. The van der Waals surface area contributed by atoms with Gasteiger partial charge in [0.15, 0.2) is 5.43 Å². The molecule has 11 heteroatoms. The molecular weight excluding hydrogens is 524 g/mol. The summed E-state index contributed by atoms with van der Waals surface area (Å²) in [5, 5.41) is 26.8. The molecule has 200 valence electrons. The second-order valence-corrected chi connectivity index (χ2v) is 9.48. The Labute approximate surface area is 224 Å². The molecule has 0 aliphatic rings. The van der Waals surface area contributed by atoms with Crippen LogP contribution in [0.15, 0.2) is 29.2 Å². The molecule has 0 aliphatic heterocycles. The van der Waals surface area contributed by atoms with Crippen LogP contribution in [-0.4, -0.2) is 51.8 Å². The van der Waals surface area contributed by atoms with Gasteiger partial charge in [0.2, 0.25) is 5.88 Å². The number of benzene rings is 1. The molecule has 0 saturated carbocycles. The van der Waals surface area contributed by atoms with Gasteiger partial charge in [-0.2, -0.15) is 5.26 Å². The molecule has 3 rings (SSSR count). The maximum atomic E-state index is 13.7. The first-order valence-electron chi connectivity index (χ1n) is 11.6. The molecule has 2 N–H and O–H groups in total. The van der Waals surface area contributed by atoms with Crippen LogP contribution in [-0.2, 0) is 4.74 Å². The van der Waals surface area contributed by atoms with Crippen LogP contribution in [0.25, 0.3) is 16.6 Å². The van der Waals surface area contributed by atoms with Crippen LogP contribution in [0.4, 0.5) is 4.39 Å². The number of pyridine rings is 2. The highest BCUT2D eigenvalue weighted by atomic mass is 35.5. The number of ether oxygens (including phenoxy) is 2. The van der Waals surface area contributed by atoms with Crippen LogP contribution in [0.5, 0.6) is 5.88 Å². The summed E-state index contributed by atoms with van der Waals surface area (Å²) >= 11 is 12.6. The van der Waals surface area contributed by atoms with Crippen LogP contribution < -0.4 is 10.2 Å². The Morgan fingerprint density at radius 2 is 1.86 bits per heavy atom. The van der Waals surface area contributed by atoms with E-state index < -0.39 is 5.82 Å². The van der Waals surface area contributed by atoms with Crippen molar-refractivity contribution < 1.29 is 24.1 Å². The average molecular weight is 554 g/mol. The monoisotopic (exact) mass is 553 g/mol. The zero-order valence-corrected chi connectivity index (χ0v) is 22.7. The van der Waals surface area contributed by atoms with Crippen LogP contribution in [0, 0.1) is 24.1 Å². The minimum atomic E-state index is -0.636. The summed E-state index contributed by atoms with van der Waals surface area (Å²) in [5.41, 5.74) is 0.392. The predicted molar refractivity (Wildman–Crippen MR) is 141 cm³/mol. The molecule has 0 fully saturated rings. The highest BCUT2D eigenvalue weighted by Gasteiger charge is 2.21. The highest BCUT2D eigenvalue weighted by molar-refractivity contribution is 6.35. The molecule has 0 atom stereocenters. The minimum Gasteiger partial charge on any atom is -0.477 e. The number of aliphatic hydroxyl groups is 2. The third kappa shape index (κ3) is 7.63. The lowest BCUT2D eigenvalue weighted by Gasteiger charge is -2.23. The Bertz CT molecular complexity index is 1340. The number of rotatable bonds is 9. The molecular formula is C26H30Cl2FN3O5. The first-order chi connectivity index (χ1) is 17.5. The maximum absolute atomic E-state index is 13.7. The molecule has 8 nitrogen and oxygen atoms in total. The van der Waals surface area contributed by atoms with Gasteiger partial charge in [-0.05, 0) is 45.7 Å². The van der Waals surface area contributed by atoms with Crippen molar-refractivity contribution in [1.29, 1.82) is 5.26 Å². The number of hydrogen-bond donors (Lipinski definition) is 2. The normalized spacial score (nSPS) is 11.1. The number of fused-ring (bicyclic) bond motifs is 1. The van der Waals surface area contributed by atoms with E-state index in [1.807, 2.05) is 26.8 Å². The van der Waals surface area contributed by atoms with Crippen LogP contribution in [0.3, 0.4) is 0 Å². The van der Waals surface area contributed by atoms with Crippen molar-refractivity contribution in [2.75, 3.05) is 26.4 Å². The van der Waals surface area contributed by atoms with E-state index in [0.29, 0.717) is 30.8 Å². The van der Waals surface area contributed by atoms with Crippen molar-refractivity contribution in [2.45, 2.75) is 46.1 Å². The van der Waals surface area contributed by atoms with Gasteiger partial charge in [-0.1, -0.05) is 30.1 Å². The van der Waals surface area contributed by atoms with Crippen molar-refractivity contribution in [2.24, 2.45) is 0 Å². The van der Waals surface area contributed by atoms with Crippen LogP contribution in [0.1, 0.15) is 44.9 Å². The fourth-order valence-electron chi connectivity index (χ4n) is 3.54. The summed E-state index contributed by atoms with van der Waals surface area (Å²) in [4.78, 5) is 16.8. The molecule has 0 spiro atoms. The Morgan fingerprint density at radius 1 is 1.16 bits per heavy atom. The van der Waals surface area contributed by atoms with Crippen molar-refractivity contribution in [3.05, 3.63) is 61.7 Å². The number of nitriles is 1. The predicted octanol–water partition coefficient (Wildman–Crippen LogP) is 4.96. The Kier molecular flexibility index (Phi) is 11.3. The van der Waals surface area contributed by atoms with Crippen LogP contribution >= 0.6 is 23.2 Å². The lowest BCUT2D eigenvalue weighted by molar-refractivity contribution is -0.0457. The average Bonchev–Trinajstić information content (AvgIpc) is 2.83. The summed E-state index contributed by atoms with van der Waals surface area (Å²) in [6.07, 6.45) is 2.70. The third-order valence-corrected chi connectivity index (χ3v) is 5.81. The van der Waals surface area contributed by atoms with Gasteiger partial charge >= 0.3 is 0 Å². The molecule has 0 saturated heterocycles. The van der Waals surface area contributed by atoms with Gasteiger partial charge in [-0.15, -0.1) is 0 Å². The Hall–Kier alpha value is -2.74. The zero-order valence-electron chi connectivity index (χ0n) is 21.1. The largest absolute Gasteiger partial charge is 0.477 e. The van der Waals surface area contributed by atoms with Crippen LogP contribution in [0.2, 0.25) is 10.0 Å². The summed E-state index contributed by atoms with van der Waals surface area (Å²) in [5.74, 6) is -0.491. The molecule has 37 heavy (non-hydrogen) atoms.